The number of piperidine rings is 1. The van der Waals surface area contributed by atoms with Crippen molar-refractivity contribution in [3.05, 3.63) is 76.4 Å². The van der Waals surface area contributed by atoms with Gasteiger partial charge in [0.25, 0.3) is 0 Å². The molecule has 1 amide bonds. The van der Waals surface area contributed by atoms with Crippen molar-refractivity contribution < 1.29 is 9.90 Å². The zero-order valence-electron chi connectivity index (χ0n) is 19.4. The number of aliphatic hydroxyl groups is 1. The van der Waals surface area contributed by atoms with Crippen LogP contribution in [0.2, 0.25) is 0 Å². The van der Waals surface area contributed by atoms with E-state index in [1.807, 2.05) is 20.8 Å². The summed E-state index contributed by atoms with van der Waals surface area (Å²) >= 11 is 0. The number of aliphatic hydroxyl groups excluding tert-OH is 1. The van der Waals surface area contributed by atoms with Crippen molar-refractivity contribution in [2.45, 2.75) is 46.3 Å². The average Bonchev–Trinajstić information content (AvgIpc) is 2.95. The van der Waals surface area contributed by atoms with Crippen molar-refractivity contribution in [2.75, 3.05) is 19.6 Å². The van der Waals surface area contributed by atoms with Gasteiger partial charge in [-0.05, 0) is 40.7 Å². The van der Waals surface area contributed by atoms with Crippen molar-refractivity contribution >= 4 is 23.6 Å². The summed E-state index contributed by atoms with van der Waals surface area (Å²) in [5, 5.41) is 13.6. The summed E-state index contributed by atoms with van der Waals surface area (Å²) in [5.74, 6) is 0.0228. The molecule has 4 rings (SSSR count). The minimum Gasteiger partial charge on any atom is -0.378 e. The first-order valence-corrected chi connectivity index (χ1v) is 11.6. The van der Waals surface area contributed by atoms with Crippen LogP contribution in [0.25, 0.3) is 17.7 Å². The molecule has 168 valence electrons. The Morgan fingerprint density at radius 2 is 1.50 bits per heavy atom. The molecule has 0 radical (unpaired) electrons. The molecule has 0 aromatic heterocycles. The molecule has 0 bridgehead atoms. The van der Waals surface area contributed by atoms with Gasteiger partial charge in [0.2, 0.25) is 5.91 Å². The molecule has 0 spiro atoms. The number of nitrogens with one attached hydrogen (secondary N) is 1. The first-order valence-electron chi connectivity index (χ1n) is 11.6. The van der Waals surface area contributed by atoms with E-state index in [4.69, 9.17) is 0 Å². The van der Waals surface area contributed by atoms with Crippen LogP contribution >= 0.6 is 0 Å². The van der Waals surface area contributed by atoms with Gasteiger partial charge in [-0.25, -0.2) is 0 Å². The summed E-state index contributed by atoms with van der Waals surface area (Å²) < 4.78 is 0. The number of nitrogens with zero attached hydrogens (tertiary/aromatic N) is 1. The Balaban J connectivity index is 1.48. The molecule has 1 aliphatic carbocycles. The van der Waals surface area contributed by atoms with Gasteiger partial charge < -0.3 is 10.4 Å². The van der Waals surface area contributed by atoms with E-state index in [-0.39, 0.29) is 5.91 Å². The number of carbonyl (C=O) groups is 1. The van der Waals surface area contributed by atoms with Crippen LogP contribution in [0.3, 0.4) is 0 Å². The number of hydrogen-bond donors (Lipinski definition) is 2. The first-order chi connectivity index (χ1) is 15.3. The number of carbonyl (C=O) groups excluding carboxylic acids is 1. The predicted octanol–water partition coefficient (Wildman–Crippen LogP) is 4.94. The Labute approximate surface area is 191 Å². The van der Waals surface area contributed by atoms with Gasteiger partial charge in [0, 0.05) is 31.5 Å². The van der Waals surface area contributed by atoms with E-state index in [2.05, 4.69) is 70.9 Å². The predicted molar refractivity (Wildman–Crippen MR) is 132 cm³/mol. The topological polar surface area (TPSA) is 52.6 Å². The van der Waals surface area contributed by atoms with Crippen LogP contribution in [0, 0.1) is 5.41 Å². The van der Waals surface area contributed by atoms with Gasteiger partial charge in [0.1, 0.15) is 6.23 Å². The van der Waals surface area contributed by atoms with Gasteiger partial charge in [0.05, 0.1) is 0 Å². The van der Waals surface area contributed by atoms with Crippen LogP contribution in [0.15, 0.2) is 54.1 Å². The minimum atomic E-state index is -0.530. The standard InChI is InChI=1S/C28H34N2O2/c1-28(2,3)27(32)29-17-14-25(31)30-18-15-22(16-19-30)26-23-10-6-4-8-20(23)12-13-21-9-5-7-11-24(21)26/h4-13,25,31H,14-19H2,1-3H3,(H,29,32). The van der Waals surface area contributed by atoms with Gasteiger partial charge in [-0.15, -0.1) is 0 Å². The number of likely N-dealkylation sites (tertiary alicyclic amines) is 1. The second kappa shape index (κ2) is 9.43. The van der Waals surface area contributed by atoms with E-state index in [9.17, 15) is 9.90 Å². The Kier molecular flexibility index (Phi) is 6.63. The fourth-order valence-electron chi connectivity index (χ4n) is 4.55. The second-order valence-electron chi connectivity index (χ2n) is 9.80. The van der Waals surface area contributed by atoms with Crippen LogP contribution in [0.1, 0.15) is 62.3 Å². The van der Waals surface area contributed by atoms with E-state index in [0.29, 0.717) is 13.0 Å². The van der Waals surface area contributed by atoms with Crippen LogP contribution in [0.5, 0.6) is 0 Å². The first kappa shape index (κ1) is 22.5. The zero-order chi connectivity index (χ0) is 22.7. The molecular formula is C28H34N2O2. The maximum atomic E-state index is 12.1. The lowest BCUT2D eigenvalue weighted by molar-refractivity contribution is -0.128. The smallest absolute Gasteiger partial charge is 0.225 e. The summed E-state index contributed by atoms with van der Waals surface area (Å²) in [6, 6.07) is 17.2. The Bertz CT molecular complexity index is 984. The highest BCUT2D eigenvalue weighted by Gasteiger charge is 2.26. The van der Waals surface area contributed by atoms with E-state index in [0.717, 1.165) is 25.9 Å². The molecule has 1 heterocycles. The fraction of sp³-hybridized carbons (Fsp3) is 0.393. The third-order valence-electron chi connectivity index (χ3n) is 6.45. The van der Waals surface area contributed by atoms with E-state index in [1.165, 1.54) is 33.4 Å². The minimum absolute atomic E-state index is 0.0228. The van der Waals surface area contributed by atoms with Crippen LogP contribution in [-0.4, -0.2) is 41.8 Å². The molecule has 1 unspecified atom stereocenters. The largest absolute Gasteiger partial charge is 0.378 e. The van der Waals surface area contributed by atoms with Crippen LogP contribution < -0.4 is 5.32 Å². The van der Waals surface area contributed by atoms with E-state index < -0.39 is 11.6 Å². The van der Waals surface area contributed by atoms with E-state index >= 15 is 0 Å². The molecule has 1 saturated heterocycles. The molecule has 4 heteroatoms. The normalized spacial score (nSPS) is 17.4. The summed E-state index contributed by atoms with van der Waals surface area (Å²) in [6.45, 7) is 7.84. The number of rotatable bonds is 4. The molecule has 1 atom stereocenters. The van der Waals surface area contributed by atoms with Gasteiger partial charge in [-0.3, -0.25) is 9.69 Å². The Morgan fingerprint density at radius 3 is 2.03 bits per heavy atom. The lowest BCUT2D eigenvalue weighted by Crippen LogP contribution is -2.43. The molecule has 32 heavy (non-hydrogen) atoms. The molecule has 2 aromatic rings. The lowest BCUT2D eigenvalue weighted by Gasteiger charge is -2.34. The number of fused-ring (bicyclic) bond motifs is 2. The summed E-state index contributed by atoms with van der Waals surface area (Å²) in [5.41, 5.74) is 7.50. The number of benzene rings is 2. The number of hydrogen-bond acceptors (Lipinski definition) is 3. The molecule has 4 nitrogen and oxygen atoms in total. The third-order valence-corrected chi connectivity index (χ3v) is 6.45. The molecule has 0 saturated carbocycles. The maximum absolute atomic E-state index is 12.1. The average molecular weight is 431 g/mol. The third kappa shape index (κ3) is 4.87. The molecule has 2 aromatic carbocycles. The Hall–Kier alpha value is -2.69. The monoisotopic (exact) mass is 430 g/mol. The lowest BCUT2D eigenvalue weighted by atomic mass is 9.86. The molecular weight excluding hydrogens is 396 g/mol. The SMILES string of the molecule is CC(C)(C)C(=O)NCCC(O)N1CCC(=C2c3ccccc3C=Cc3ccccc32)CC1. The van der Waals surface area contributed by atoms with Crippen molar-refractivity contribution in [3.8, 4) is 0 Å². The zero-order valence-corrected chi connectivity index (χ0v) is 19.4. The second-order valence-corrected chi connectivity index (χ2v) is 9.80. The van der Waals surface area contributed by atoms with Crippen LogP contribution in [0.4, 0.5) is 0 Å². The van der Waals surface area contributed by atoms with Crippen molar-refractivity contribution in [1.29, 1.82) is 0 Å². The molecule has 2 aliphatic rings. The number of amides is 1. The van der Waals surface area contributed by atoms with Gasteiger partial charge in [-0.2, -0.15) is 0 Å². The maximum Gasteiger partial charge on any atom is 0.225 e. The van der Waals surface area contributed by atoms with Crippen molar-refractivity contribution in [2.24, 2.45) is 5.41 Å². The van der Waals surface area contributed by atoms with E-state index in [1.54, 1.807) is 0 Å². The van der Waals surface area contributed by atoms with Gasteiger partial charge >= 0.3 is 0 Å². The fourth-order valence-corrected chi connectivity index (χ4v) is 4.55. The van der Waals surface area contributed by atoms with Crippen molar-refractivity contribution in [3.63, 3.8) is 0 Å². The van der Waals surface area contributed by atoms with Gasteiger partial charge in [0.15, 0.2) is 0 Å². The highest BCUT2D eigenvalue weighted by molar-refractivity contribution is 5.94. The molecule has 1 aliphatic heterocycles. The Morgan fingerprint density at radius 1 is 0.969 bits per heavy atom. The van der Waals surface area contributed by atoms with Gasteiger partial charge in [-0.1, -0.05) is 87.0 Å². The summed E-state index contributed by atoms with van der Waals surface area (Å²) in [7, 11) is 0. The van der Waals surface area contributed by atoms with Crippen LogP contribution in [-0.2, 0) is 4.79 Å². The van der Waals surface area contributed by atoms with Crippen molar-refractivity contribution in [1.82, 2.24) is 10.2 Å². The molecule has 1 fully saturated rings. The highest BCUT2D eigenvalue weighted by atomic mass is 16.3. The highest BCUT2D eigenvalue weighted by Crippen LogP contribution is 2.38. The summed E-state index contributed by atoms with van der Waals surface area (Å²) in [6.07, 6.45) is 6.31. The summed E-state index contributed by atoms with van der Waals surface area (Å²) in [4.78, 5) is 14.2. The molecule has 2 N–H and O–H groups in total. The quantitative estimate of drug-likeness (QED) is 0.616.